The molecule has 0 aromatic carbocycles. The molecule has 0 radical (unpaired) electrons. The molecule has 0 bridgehead atoms. The Kier molecular flexibility index (Phi) is 2.81. The highest BCUT2D eigenvalue weighted by molar-refractivity contribution is 4.91. The van der Waals surface area contributed by atoms with Crippen LogP contribution in [0.2, 0.25) is 0 Å². The first-order valence-corrected chi connectivity index (χ1v) is 4.78. The Bertz CT molecular complexity index is 300. The Morgan fingerprint density at radius 1 is 1.71 bits per heavy atom. The average Bonchev–Trinajstić information content (AvgIpc) is 2.72. The van der Waals surface area contributed by atoms with E-state index in [1.165, 1.54) is 0 Å². The van der Waals surface area contributed by atoms with E-state index in [2.05, 4.69) is 4.98 Å². The van der Waals surface area contributed by atoms with Gasteiger partial charge in [-0.1, -0.05) is 0 Å². The molecule has 1 aliphatic heterocycles. The lowest BCUT2D eigenvalue weighted by Crippen LogP contribution is -2.24. The summed E-state index contributed by atoms with van der Waals surface area (Å²) in [4.78, 5) is 9.46. The monoisotopic (exact) mass is 197 g/mol. The molecule has 0 amide bonds. The summed E-state index contributed by atoms with van der Waals surface area (Å²) in [6.45, 7) is 1.80. The molecule has 1 aromatic rings. The molecule has 1 aromatic heterocycles. The molecule has 2 heterocycles. The number of aryl methyl sites for hydroxylation is 1. The molecule has 0 aliphatic carbocycles. The minimum atomic E-state index is -0.337. The Labute approximate surface area is 82.9 Å². The maximum absolute atomic E-state index is 9.22. The number of aliphatic hydroxyl groups excluding tert-OH is 1. The number of aromatic nitrogens is 2. The van der Waals surface area contributed by atoms with E-state index in [0.29, 0.717) is 13.2 Å². The summed E-state index contributed by atoms with van der Waals surface area (Å²) in [6.07, 6.45) is 4.22. The second kappa shape index (κ2) is 4.08. The molecule has 0 saturated carbocycles. The van der Waals surface area contributed by atoms with Gasteiger partial charge in [0.05, 0.1) is 19.3 Å². The summed E-state index contributed by atoms with van der Waals surface area (Å²) >= 11 is 0. The van der Waals surface area contributed by atoms with Crippen molar-refractivity contribution >= 4 is 0 Å². The quantitative estimate of drug-likeness (QED) is 0.714. The van der Waals surface area contributed by atoms with Crippen LogP contribution in [0.3, 0.4) is 0 Å². The van der Waals surface area contributed by atoms with Crippen LogP contribution in [-0.2, 0) is 18.3 Å². The van der Waals surface area contributed by atoms with E-state index in [9.17, 15) is 5.11 Å². The molecule has 0 unspecified atom stereocenters. The van der Waals surface area contributed by atoms with Crippen molar-refractivity contribution in [1.82, 2.24) is 14.6 Å². The molecule has 0 spiro atoms. The first-order valence-electron chi connectivity index (χ1n) is 4.78. The number of aliphatic hydroxyl groups is 1. The van der Waals surface area contributed by atoms with Gasteiger partial charge in [0.25, 0.3) is 0 Å². The van der Waals surface area contributed by atoms with Crippen LogP contribution in [0.4, 0.5) is 0 Å². The molecule has 78 valence electrons. The van der Waals surface area contributed by atoms with Gasteiger partial charge in [0.1, 0.15) is 5.82 Å². The third-order valence-electron chi connectivity index (χ3n) is 2.37. The minimum absolute atomic E-state index is 0.337. The fourth-order valence-corrected chi connectivity index (χ4v) is 1.55. The molecular weight excluding hydrogens is 182 g/mol. The highest BCUT2D eigenvalue weighted by Crippen LogP contribution is 2.06. The molecule has 1 atom stereocenters. The largest absolute Gasteiger partial charge is 0.389 e. The lowest BCUT2D eigenvalue weighted by atomic mass is 10.3. The van der Waals surface area contributed by atoms with E-state index in [-0.39, 0.29) is 6.10 Å². The maximum atomic E-state index is 9.22. The molecular formula is C9H15N3O2. The SMILES string of the molecule is Cn1ccnc1CCN1C[C@H](O)CO1. The Hall–Kier alpha value is -0.910. The number of hydroxylamine groups is 2. The summed E-state index contributed by atoms with van der Waals surface area (Å²) in [5.74, 6) is 1.04. The summed E-state index contributed by atoms with van der Waals surface area (Å²) in [7, 11) is 1.97. The van der Waals surface area contributed by atoms with Crippen molar-refractivity contribution < 1.29 is 9.94 Å². The molecule has 2 rings (SSSR count). The summed E-state index contributed by atoms with van der Waals surface area (Å²) < 4.78 is 1.99. The van der Waals surface area contributed by atoms with E-state index in [4.69, 9.17) is 4.84 Å². The zero-order valence-corrected chi connectivity index (χ0v) is 8.26. The van der Waals surface area contributed by atoms with E-state index in [0.717, 1.165) is 18.8 Å². The van der Waals surface area contributed by atoms with Crippen molar-refractivity contribution in [3.8, 4) is 0 Å². The van der Waals surface area contributed by atoms with Crippen molar-refractivity contribution in [3.63, 3.8) is 0 Å². The Morgan fingerprint density at radius 2 is 2.57 bits per heavy atom. The predicted octanol–water partition coefficient (Wildman–Crippen LogP) is -0.429. The first kappa shape index (κ1) is 9.64. The van der Waals surface area contributed by atoms with Crippen LogP contribution in [0.15, 0.2) is 12.4 Å². The van der Waals surface area contributed by atoms with Crippen LogP contribution >= 0.6 is 0 Å². The van der Waals surface area contributed by atoms with Crippen molar-refractivity contribution in [2.24, 2.45) is 7.05 Å². The predicted molar refractivity (Wildman–Crippen MR) is 50.4 cm³/mol. The van der Waals surface area contributed by atoms with Crippen LogP contribution in [0, 0.1) is 0 Å². The number of rotatable bonds is 3. The highest BCUT2D eigenvalue weighted by Gasteiger charge is 2.20. The second-order valence-electron chi connectivity index (χ2n) is 3.54. The number of hydrogen-bond donors (Lipinski definition) is 1. The van der Waals surface area contributed by atoms with E-state index in [1.807, 2.05) is 17.8 Å². The van der Waals surface area contributed by atoms with Crippen molar-refractivity contribution in [1.29, 1.82) is 0 Å². The number of hydrogen-bond acceptors (Lipinski definition) is 4. The molecule has 5 nitrogen and oxygen atoms in total. The molecule has 5 heteroatoms. The molecule has 1 aliphatic rings. The van der Waals surface area contributed by atoms with Gasteiger partial charge in [0.2, 0.25) is 0 Å². The van der Waals surface area contributed by atoms with Crippen LogP contribution in [0.25, 0.3) is 0 Å². The van der Waals surface area contributed by atoms with Crippen LogP contribution in [0.5, 0.6) is 0 Å². The van der Waals surface area contributed by atoms with Gasteiger partial charge in [-0.2, -0.15) is 5.06 Å². The lowest BCUT2D eigenvalue weighted by molar-refractivity contribution is -0.109. The fourth-order valence-electron chi connectivity index (χ4n) is 1.55. The summed E-state index contributed by atoms with van der Waals surface area (Å²) in [5.41, 5.74) is 0. The number of nitrogens with zero attached hydrogens (tertiary/aromatic N) is 3. The maximum Gasteiger partial charge on any atom is 0.109 e. The van der Waals surface area contributed by atoms with E-state index in [1.54, 1.807) is 11.3 Å². The topological polar surface area (TPSA) is 50.5 Å². The average molecular weight is 197 g/mol. The lowest BCUT2D eigenvalue weighted by Gasteiger charge is -2.12. The van der Waals surface area contributed by atoms with Crippen molar-refractivity contribution in [2.75, 3.05) is 19.7 Å². The Morgan fingerprint density at radius 3 is 3.14 bits per heavy atom. The van der Waals surface area contributed by atoms with Gasteiger partial charge in [0, 0.05) is 32.4 Å². The van der Waals surface area contributed by atoms with Crippen molar-refractivity contribution in [3.05, 3.63) is 18.2 Å². The van der Waals surface area contributed by atoms with Crippen LogP contribution in [-0.4, -0.2) is 45.5 Å². The minimum Gasteiger partial charge on any atom is -0.389 e. The van der Waals surface area contributed by atoms with E-state index >= 15 is 0 Å². The van der Waals surface area contributed by atoms with Gasteiger partial charge in [0.15, 0.2) is 0 Å². The van der Waals surface area contributed by atoms with Gasteiger partial charge in [-0.25, -0.2) is 4.98 Å². The number of imidazole rings is 1. The third-order valence-corrected chi connectivity index (χ3v) is 2.37. The third kappa shape index (κ3) is 2.12. The van der Waals surface area contributed by atoms with Crippen molar-refractivity contribution in [2.45, 2.75) is 12.5 Å². The highest BCUT2D eigenvalue weighted by atomic mass is 16.7. The van der Waals surface area contributed by atoms with Gasteiger partial charge in [-0.3, -0.25) is 4.84 Å². The second-order valence-corrected chi connectivity index (χ2v) is 3.54. The zero-order chi connectivity index (χ0) is 9.97. The first-order chi connectivity index (χ1) is 6.75. The smallest absolute Gasteiger partial charge is 0.109 e. The zero-order valence-electron chi connectivity index (χ0n) is 8.26. The van der Waals surface area contributed by atoms with Gasteiger partial charge >= 0.3 is 0 Å². The van der Waals surface area contributed by atoms with Gasteiger partial charge in [-0.05, 0) is 0 Å². The molecule has 1 N–H and O–H groups in total. The summed E-state index contributed by atoms with van der Waals surface area (Å²) in [6, 6.07) is 0. The van der Waals surface area contributed by atoms with Crippen LogP contribution < -0.4 is 0 Å². The number of β-amino-alcohol motifs (C(OH)–C–C–N with tert-alkyl or cyclic N) is 1. The normalized spacial score (nSPS) is 23.1. The molecule has 14 heavy (non-hydrogen) atoms. The standard InChI is InChI=1S/C9H15N3O2/c1-11-5-3-10-9(11)2-4-12-6-8(13)7-14-12/h3,5,8,13H,2,4,6-7H2,1H3/t8-/m0/s1. The van der Waals surface area contributed by atoms with Gasteiger partial charge < -0.3 is 9.67 Å². The fraction of sp³-hybridized carbons (Fsp3) is 0.667. The van der Waals surface area contributed by atoms with Crippen LogP contribution in [0.1, 0.15) is 5.82 Å². The summed E-state index contributed by atoms with van der Waals surface area (Å²) in [5, 5.41) is 11.0. The van der Waals surface area contributed by atoms with E-state index < -0.39 is 0 Å². The van der Waals surface area contributed by atoms with Gasteiger partial charge in [-0.15, -0.1) is 0 Å². The molecule has 1 fully saturated rings. The molecule has 1 saturated heterocycles. The Balaban J connectivity index is 1.80.